The Labute approximate surface area is 112 Å². The molecular formula is C10H9ClN4O2S. The van der Waals surface area contributed by atoms with Crippen molar-refractivity contribution in [1.29, 1.82) is 0 Å². The molecule has 1 N–H and O–H groups in total. The van der Waals surface area contributed by atoms with E-state index in [0.29, 0.717) is 22.0 Å². The molecular weight excluding hydrogens is 276 g/mol. The Morgan fingerprint density at radius 2 is 2.33 bits per heavy atom. The number of carbonyl (C=O) groups is 1. The molecule has 2 aromatic rings. The zero-order valence-corrected chi connectivity index (χ0v) is 11.0. The first kappa shape index (κ1) is 12.8. The summed E-state index contributed by atoms with van der Waals surface area (Å²) in [4.78, 5) is 15.5. The largest absolute Gasteiger partial charge is 0.416 e. The van der Waals surface area contributed by atoms with E-state index in [4.69, 9.17) is 16.0 Å². The molecule has 18 heavy (non-hydrogen) atoms. The lowest BCUT2D eigenvalue weighted by Crippen LogP contribution is -2.14. The standard InChI is InChI=1S/C10H9ClN4O2S/c1-6-14-15-10(17-6)18-5-9(16)13-8-3-2-7(11)4-12-8/h2-4H,5H2,1H3,(H,12,13,16). The van der Waals surface area contributed by atoms with E-state index in [1.807, 2.05) is 0 Å². The summed E-state index contributed by atoms with van der Waals surface area (Å²) in [6, 6.07) is 3.28. The second-order valence-corrected chi connectivity index (χ2v) is 4.65. The number of nitrogens with one attached hydrogen (secondary N) is 1. The van der Waals surface area contributed by atoms with Crippen LogP contribution in [0.3, 0.4) is 0 Å². The molecule has 2 heterocycles. The van der Waals surface area contributed by atoms with Crippen molar-refractivity contribution >= 4 is 35.1 Å². The summed E-state index contributed by atoms with van der Waals surface area (Å²) < 4.78 is 5.13. The van der Waals surface area contributed by atoms with Gasteiger partial charge in [-0.1, -0.05) is 23.4 Å². The molecule has 8 heteroatoms. The fourth-order valence-corrected chi connectivity index (χ4v) is 1.81. The first-order valence-corrected chi connectivity index (χ1v) is 6.34. The van der Waals surface area contributed by atoms with E-state index in [1.165, 1.54) is 18.0 Å². The maximum atomic E-state index is 11.6. The van der Waals surface area contributed by atoms with Gasteiger partial charge in [0.1, 0.15) is 5.82 Å². The molecule has 0 spiro atoms. The molecule has 0 aliphatic heterocycles. The molecule has 0 bridgehead atoms. The number of rotatable bonds is 4. The van der Waals surface area contributed by atoms with Gasteiger partial charge in [-0.25, -0.2) is 4.98 Å². The minimum atomic E-state index is -0.203. The molecule has 0 aromatic carbocycles. The van der Waals surface area contributed by atoms with E-state index < -0.39 is 0 Å². The van der Waals surface area contributed by atoms with Gasteiger partial charge >= 0.3 is 0 Å². The number of aryl methyl sites for hydroxylation is 1. The maximum Gasteiger partial charge on any atom is 0.277 e. The SMILES string of the molecule is Cc1nnc(SCC(=O)Nc2ccc(Cl)cn2)o1. The molecule has 0 unspecified atom stereocenters. The Kier molecular flexibility index (Phi) is 4.16. The van der Waals surface area contributed by atoms with E-state index in [9.17, 15) is 4.79 Å². The number of amides is 1. The van der Waals surface area contributed by atoms with E-state index >= 15 is 0 Å². The molecule has 0 fully saturated rings. The number of aromatic nitrogens is 3. The summed E-state index contributed by atoms with van der Waals surface area (Å²) in [6.07, 6.45) is 1.46. The highest BCUT2D eigenvalue weighted by Gasteiger charge is 2.08. The van der Waals surface area contributed by atoms with Crippen LogP contribution in [-0.2, 0) is 4.79 Å². The zero-order valence-electron chi connectivity index (χ0n) is 9.38. The Morgan fingerprint density at radius 3 is 2.94 bits per heavy atom. The molecule has 0 atom stereocenters. The number of pyridine rings is 1. The van der Waals surface area contributed by atoms with Crippen molar-refractivity contribution < 1.29 is 9.21 Å². The molecule has 0 saturated heterocycles. The van der Waals surface area contributed by atoms with Gasteiger partial charge < -0.3 is 9.73 Å². The number of thioether (sulfide) groups is 1. The van der Waals surface area contributed by atoms with Crippen LogP contribution in [0, 0.1) is 6.92 Å². The van der Waals surface area contributed by atoms with Gasteiger partial charge in [-0.05, 0) is 12.1 Å². The molecule has 0 aliphatic carbocycles. The molecule has 1 amide bonds. The lowest BCUT2D eigenvalue weighted by atomic mass is 10.4. The second-order valence-electron chi connectivity index (χ2n) is 3.29. The number of carbonyl (C=O) groups excluding carboxylic acids is 1. The lowest BCUT2D eigenvalue weighted by Gasteiger charge is -2.02. The fraction of sp³-hybridized carbons (Fsp3) is 0.200. The summed E-state index contributed by atoms with van der Waals surface area (Å²) >= 11 is 6.85. The van der Waals surface area contributed by atoms with Gasteiger partial charge in [0, 0.05) is 13.1 Å². The molecule has 0 aliphatic rings. The van der Waals surface area contributed by atoms with Crippen LogP contribution in [0.25, 0.3) is 0 Å². The van der Waals surface area contributed by atoms with E-state index in [0.717, 1.165) is 0 Å². The molecule has 2 rings (SSSR count). The summed E-state index contributed by atoms with van der Waals surface area (Å²) in [6.45, 7) is 1.69. The summed E-state index contributed by atoms with van der Waals surface area (Å²) in [5.41, 5.74) is 0. The van der Waals surface area contributed by atoms with Crippen LogP contribution >= 0.6 is 23.4 Å². The monoisotopic (exact) mass is 284 g/mol. The van der Waals surface area contributed by atoms with Gasteiger partial charge in [0.15, 0.2) is 0 Å². The number of hydrogen-bond donors (Lipinski definition) is 1. The first-order valence-electron chi connectivity index (χ1n) is 4.98. The Bertz CT molecular complexity index is 543. The van der Waals surface area contributed by atoms with Crippen molar-refractivity contribution in [2.75, 3.05) is 11.1 Å². The van der Waals surface area contributed by atoms with Gasteiger partial charge in [-0.3, -0.25) is 4.79 Å². The van der Waals surface area contributed by atoms with Crippen LogP contribution in [0.2, 0.25) is 5.02 Å². The maximum absolute atomic E-state index is 11.6. The zero-order chi connectivity index (χ0) is 13.0. The number of hydrogen-bond acceptors (Lipinski definition) is 6. The van der Waals surface area contributed by atoms with Crippen LogP contribution in [0.1, 0.15) is 5.89 Å². The van der Waals surface area contributed by atoms with Crippen molar-refractivity contribution in [2.24, 2.45) is 0 Å². The lowest BCUT2D eigenvalue weighted by molar-refractivity contribution is -0.113. The molecule has 6 nitrogen and oxygen atoms in total. The predicted octanol–water partition coefficient (Wildman–Crippen LogP) is 2.16. The average Bonchev–Trinajstić information content (AvgIpc) is 2.76. The summed E-state index contributed by atoms with van der Waals surface area (Å²) in [5, 5.41) is 10.9. The second kappa shape index (κ2) is 5.83. The van der Waals surface area contributed by atoms with Gasteiger partial charge in [0.05, 0.1) is 10.8 Å². The van der Waals surface area contributed by atoms with Gasteiger partial charge in [-0.15, -0.1) is 10.2 Å². The van der Waals surface area contributed by atoms with Gasteiger partial charge in [0.2, 0.25) is 11.8 Å². The van der Waals surface area contributed by atoms with Gasteiger partial charge in [-0.2, -0.15) is 0 Å². The minimum Gasteiger partial charge on any atom is -0.416 e. The predicted molar refractivity (Wildman–Crippen MR) is 67.6 cm³/mol. The fourth-order valence-electron chi connectivity index (χ4n) is 1.09. The first-order chi connectivity index (χ1) is 8.63. The molecule has 0 radical (unpaired) electrons. The van der Waals surface area contributed by atoms with Crippen LogP contribution in [0.15, 0.2) is 28.0 Å². The van der Waals surface area contributed by atoms with Crippen molar-refractivity contribution in [3.8, 4) is 0 Å². The third-order valence-corrected chi connectivity index (χ3v) is 2.87. The third-order valence-electron chi connectivity index (χ3n) is 1.83. The van der Waals surface area contributed by atoms with Crippen molar-refractivity contribution in [2.45, 2.75) is 12.1 Å². The highest BCUT2D eigenvalue weighted by atomic mass is 35.5. The molecule has 2 aromatic heterocycles. The van der Waals surface area contributed by atoms with Crippen LogP contribution in [0.5, 0.6) is 0 Å². The van der Waals surface area contributed by atoms with E-state index in [-0.39, 0.29) is 11.7 Å². The normalized spacial score (nSPS) is 10.3. The smallest absolute Gasteiger partial charge is 0.277 e. The number of anilines is 1. The number of nitrogens with zero attached hydrogens (tertiary/aromatic N) is 3. The van der Waals surface area contributed by atoms with Crippen LogP contribution < -0.4 is 5.32 Å². The van der Waals surface area contributed by atoms with Crippen LogP contribution in [0.4, 0.5) is 5.82 Å². The van der Waals surface area contributed by atoms with E-state index in [2.05, 4.69) is 20.5 Å². The van der Waals surface area contributed by atoms with Crippen LogP contribution in [-0.4, -0.2) is 26.8 Å². The third kappa shape index (κ3) is 3.71. The topological polar surface area (TPSA) is 80.9 Å². The average molecular weight is 285 g/mol. The van der Waals surface area contributed by atoms with Gasteiger partial charge in [0.25, 0.3) is 5.22 Å². The molecule has 94 valence electrons. The van der Waals surface area contributed by atoms with Crippen molar-refractivity contribution in [1.82, 2.24) is 15.2 Å². The highest BCUT2D eigenvalue weighted by Crippen LogP contribution is 2.16. The van der Waals surface area contributed by atoms with E-state index in [1.54, 1.807) is 19.1 Å². The van der Waals surface area contributed by atoms with Crippen molar-refractivity contribution in [3.05, 3.63) is 29.2 Å². The summed E-state index contributed by atoms with van der Waals surface area (Å²) in [5.74, 6) is 0.890. The Morgan fingerprint density at radius 1 is 1.50 bits per heavy atom. The quantitative estimate of drug-likeness (QED) is 0.867. The van der Waals surface area contributed by atoms with Crippen molar-refractivity contribution in [3.63, 3.8) is 0 Å². The Balaban J connectivity index is 1.83. The Hall–Kier alpha value is -1.60. The minimum absolute atomic E-state index is 0.173. The highest BCUT2D eigenvalue weighted by molar-refractivity contribution is 7.99. The number of halogens is 1. The molecule has 0 saturated carbocycles. The summed E-state index contributed by atoms with van der Waals surface area (Å²) in [7, 11) is 0.